The Morgan fingerprint density at radius 2 is 1.00 bits per heavy atom. The number of nitrogens with one attached hydrogen (secondary N) is 7. The zero-order chi connectivity index (χ0) is 78.0. The Labute approximate surface area is 660 Å². The summed E-state index contributed by atoms with van der Waals surface area (Å²) in [6, 6.07) is 41.0. The number of likely N-dealkylation sites (tertiary alicyclic amines) is 3. The monoisotopic (exact) mass is 1520 g/mol. The summed E-state index contributed by atoms with van der Waals surface area (Å²) >= 11 is 0. The van der Waals surface area contributed by atoms with E-state index in [1.165, 1.54) is 105 Å². The molecular formula is C89H118N18O5. The van der Waals surface area contributed by atoms with Gasteiger partial charge in [-0.25, -0.2) is 4.79 Å². The van der Waals surface area contributed by atoms with Gasteiger partial charge in [0.05, 0.1) is 73.1 Å². The second-order valence-corrected chi connectivity index (χ2v) is 33.6. The highest BCUT2D eigenvalue weighted by molar-refractivity contribution is 5.98. The first kappa shape index (κ1) is 79.1. The summed E-state index contributed by atoms with van der Waals surface area (Å²) in [5.74, 6) is 4.60. The predicted molar refractivity (Wildman–Crippen MR) is 446 cm³/mol. The second-order valence-electron chi connectivity index (χ2n) is 33.6. The average Bonchev–Trinajstić information content (AvgIpc) is 1.45. The van der Waals surface area contributed by atoms with Crippen molar-refractivity contribution in [3.05, 3.63) is 179 Å². The van der Waals surface area contributed by atoms with E-state index in [4.69, 9.17) is 5.10 Å². The Hall–Kier alpha value is -9.55. The van der Waals surface area contributed by atoms with Crippen LogP contribution in [0.3, 0.4) is 0 Å². The van der Waals surface area contributed by atoms with Gasteiger partial charge in [0.15, 0.2) is 17.5 Å². The Kier molecular flexibility index (Phi) is 25.5. The van der Waals surface area contributed by atoms with Crippen LogP contribution in [0, 0.1) is 46.5 Å². The van der Waals surface area contributed by atoms with Crippen molar-refractivity contribution in [3.8, 4) is 0 Å². The highest BCUT2D eigenvalue weighted by Crippen LogP contribution is 2.42. The molecule has 7 fully saturated rings. The van der Waals surface area contributed by atoms with Crippen molar-refractivity contribution >= 4 is 73.9 Å². The van der Waals surface area contributed by atoms with Gasteiger partial charge in [-0.2, -0.15) is 14.9 Å². The summed E-state index contributed by atoms with van der Waals surface area (Å²) in [5.41, 5.74) is 10.7. The molecule has 9 aromatic rings. The van der Waals surface area contributed by atoms with Crippen LogP contribution in [0.25, 0.3) is 32.7 Å². The molecule has 8 heterocycles. The molecule has 7 aliphatic rings. The van der Waals surface area contributed by atoms with Crippen LogP contribution in [0.15, 0.2) is 134 Å². The molecule has 112 heavy (non-hydrogen) atoms. The number of carbonyl (C=O) groups is 4. The molecule has 23 nitrogen and oxygen atoms in total. The van der Waals surface area contributed by atoms with Crippen molar-refractivity contribution < 1.29 is 24.3 Å². The number of anilines is 3. The van der Waals surface area contributed by atoms with E-state index in [0.717, 1.165) is 150 Å². The van der Waals surface area contributed by atoms with Crippen LogP contribution >= 0.6 is 0 Å². The van der Waals surface area contributed by atoms with Gasteiger partial charge in [0.2, 0.25) is 17.7 Å². The van der Waals surface area contributed by atoms with Crippen LogP contribution in [0.4, 0.5) is 22.2 Å². The maximum absolute atomic E-state index is 12.8. The fraction of sp³-hybridized carbons (Fsp3) is 0.517. The van der Waals surface area contributed by atoms with Gasteiger partial charge in [-0.05, 0) is 209 Å². The maximum atomic E-state index is 12.8. The summed E-state index contributed by atoms with van der Waals surface area (Å²) in [4.78, 5) is 67.3. The number of hydrogen-bond donors (Lipinski definition) is 8. The minimum atomic E-state index is -0.830. The van der Waals surface area contributed by atoms with Crippen LogP contribution in [0.5, 0.6) is 0 Å². The van der Waals surface area contributed by atoms with Crippen LogP contribution in [-0.4, -0.2) is 184 Å². The molecule has 0 atom stereocenters. The first-order chi connectivity index (χ1) is 54.2. The first-order valence-corrected chi connectivity index (χ1v) is 41.5. The van der Waals surface area contributed by atoms with Gasteiger partial charge in [0.25, 0.3) is 0 Å². The Bertz CT molecular complexity index is 4690. The van der Waals surface area contributed by atoms with Gasteiger partial charge in [-0.3, -0.25) is 48.4 Å². The van der Waals surface area contributed by atoms with E-state index in [1.54, 1.807) is 0 Å². The number of hydrogen-bond acceptors (Lipinski definition) is 16. The van der Waals surface area contributed by atoms with Gasteiger partial charge in [-0.15, -0.1) is 11.7 Å². The Morgan fingerprint density at radius 1 is 0.518 bits per heavy atom. The fourth-order valence-corrected chi connectivity index (χ4v) is 18.4. The SMILES string of the molecule is C=CCn1nc(NCC(=O)NC2CN(C3CCC(C4CCCCC4)CC3)C2)c2cc(C)ccc21.Cc1ccc2c(c1)c(NCC(=O)NC1CN(C3CCC(O)(c4cccc(C)n4)CC3)C1)nn2Cc1ccccc1.Cc1ccc2c(c1)c(NCC(=O)NC1CN(C3CCC(c4ccc(C)nc4)CC3)C1)nn2C(=O)NC(C)C. The Morgan fingerprint density at radius 3 is 1.51 bits per heavy atom. The van der Waals surface area contributed by atoms with E-state index in [-0.39, 0.29) is 67.6 Å². The third-order valence-electron chi connectivity index (χ3n) is 24.7. The minimum absolute atomic E-state index is 0.00282. The Balaban J connectivity index is 0.000000140. The van der Waals surface area contributed by atoms with E-state index in [0.29, 0.717) is 42.4 Å². The van der Waals surface area contributed by atoms with Crippen molar-refractivity contribution in [2.45, 2.75) is 225 Å². The van der Waals surface area contributed by atoms with E-state index in [9.17, 15) is 24.3 Å². The smallest absolute Gasteiger partial charge is 0.342 e. The van der Waals surface area contributed by atoms with E-state index in [2.05, 4.69) is 153 Å². The lowest BCUT2D eigenvalue weighted by atomic mass is 9.72. The highest BCUT2D eigenvalue weighted by Gasteiger charge is 2.42. The lowest BCUT2D eigenvalue weighted by Crippen LogP contribution is -2.63. The van der Waals surface area contributed by atoms with Crippen molar-refractivity contribution in [1.29, 1.82) is 0 Å². The van der Waals surface area contributed by atoms with E-state index in [1.807, 2.05) is 111 Å². The molecule has 4 aliphatic carbocycles. The van der Waals surface area contributed by atoms with Gasteiger partial charge < -0.3 is 42.3 Å². The quantitative estimate of drug-likeness (QED) is 0.0277. The minimum Gasteiger partial charge on any atom is -0.384 e. The summed E-state index contributed by atoms with van der Waals surface area (Å²) in [6.07, 6.45) is 24.8. The van der Waals surface area contributed by atoms with E-state index < -0.39 is 5.60 Å². The number of pyridine rings is 2. The molecule has 8 N–H and O–H groups in total. The van der Waals surface area contributed by atoms with Gasteiger partial charge in [0, 0.05) is 97.2 Å². The normalized spacial score (nSPS) is 22.1. The number of nitrogens with zero attached hydrogens (tertiary/aromatic N) is 11. The number of aryl methyl sites for hydroxylation is 5. The second kappa shape index (κ2) is 36.1. The van der Waals surface area contributed by atoms with Crippen molar-refractivity contribution in [2.24, 2.45) is 11.8 Å². The molecule has 0 unspecified atom stereocenters. The molecule has 3 aliphatic heterocycles. The number of benzene rings is 4. The van der Waals surface area contributed by atoms with Crippen LogP contribution < -0.4 is 37.2 Å². The van der Waals surface area contributed by atoms with Crippen LogP contribution in [-0.2, 0) is 33.1 Å². The zero-order valence-electron chi connectivity index (χ0n) is 66.9. The van der Waals surface area contributed by atoms with Crippen molar-refractivity contribution in [3.63, 3.8) is 0 Å². The molecule has 4 amide bonds. The van der Waals surface area contributed by atoms with Crippen molar-refractivity contribution in [1.82, 2.24) is 75.3 Å². The zero-order valence-corrected chi connectivity index (χ0v) is 66.9. The molecule has 5 aromatic heterocycles. The number of aliphatic hydroxyl groups is 1. The molecule has 0 radical (unpaired) electrons. The number of amides is 4. The summed E-state index contributed by atoms with van der Waals surface area (Å²) in [7, 11) is 0. The summed E-state index contributed by atoms with van der Waals surface area (Å²) in [6.45, 7) is 25.1. The largest absolute Gasteiger partial charge is 0.384 e. The topological polar surface area (TPSA) is 262 Å². The standard InChI is InChI=1S/C32H38N6O2.C29H39N7O2.C28H41N5O/c1-22-11-12-28-27(17-22)31(36-38(28)19-24-8-4-3-5-9-24)33-18-30(39)35-25-20-37(21-25)26-13-15-32(40,16-14-26)29-10-6-7-23(2)34-29;1-18(2)32-29(38)36-26-12-5-19(3)13-25(26)28(34-36)31-15-27(37)33-23-16-35(17-23)24-10-8-21(9-11-24)22-7-6-20(4)30-14-22;1-3-15-33-26-14-9-20(2)16-25(26)28(31-33)29-17-27(34)30-23-18-32(19-23)24-12-10-22(11-13-24)21-7-5-4-6-8-21/h3-12,17,25-26,40H,13-16,18-21H2,1-2H3,(H,33,36)(H,35,39);5-7,12-14,18,21,23-24H,8-11,15-17H2,1-4H3,(H,31,34)(H,32,38)(H,33,37);3,9,14,16,21-24H,1,4-8,10-13,15,17-19H2,2H3,(H,29,31)(H,30,34). The van der Waals surface area contributed by atoms with Crippen LogP contribution in [0.1, 0.15) is 174 Å². The van der Waals surface area contributed by atoms with Gasteiger partial charge in [0.1, 0.15) is 5.60 Å². The van der Waals surface area contributed by atoms with Crippen LogP contribution in [0.2, 0.25) is 0 Å². The number of fused-ring (bicyclic) bond motifs is 3. The number of allylic oxidation sites excluding steroid dienone is 1. The molecule has 4 aromatic carbocycles. The highest BCUT2D eigenvalue weighted by atomic mass is 16.3. The molecule has 0 bridgehead atoms. The molecular weight excluding hydrogens is 1400 g/mol. The first-order valence-electron chi connectivity index (χ1n) is 41.5. The number of rotatable bonds is 23. The fourth-order valence-electron chi connectivity index (χ4n) is 18.4. The summed E-state index contributed by atoms with van der Waals surface area (Å²) in [5, 5.41) is 50.2. The number of carbonyl (C=O) groups excluding carboxylic acids is 4. The average molecular weight is 1520 g/mol. The predicted octanol–water partition coefficient (Wildman–Crippen LogP) is 13.0. The third-order valence-corrected chi connectivity index (χ3v) is 24.7. The third kappa shape index (κ3) is 19.5. The lowest BCUT2D eigenvalue weighted by molar-refractivity contribution is -0.122. The maximum Gasteiger partial charge on any atom is 0.342 e. The molecule has 23 heteroatoms. The van der Waals surface area contributed by atoms with E-state index >= 15 is 0 Å². The van der Waals surface area contributed by atoms with Gasteiger partial charge in [-0.1, -0.05) is 116 Å². The van der Waals surface area contributed by atoms with Gasteiger partial charge >= 0.3 is 6.03 Å². The van der Waals surface area contributed by atoms with Crippen molar-refractivity contribution in [2.75, 3.05) is 74.9 Å². The molecule has 594 valence electrons. The lowest BCUT2D eigenvalue weighted by Gasteiger charge is -2.48. The molecule has 0 spiro atoms. The molecule has 3 saturated heterocycles. The number of aromatic nitrogens is 8. The summed E-state index contributed by atoms with van der Waals surface area (Å²) < 4.78 is 5.28. The molecule has 4 saturated carbocycles. The molecule has 16 rings (SSSR count).